The molecule has 0 saturated carbocycles. The molecule has 30 heavy (non-hydrogen) atoms. The third-order valence-electron chi connectivity index (χ3n) is 5.57. The molecule has 1 atom stereocenters. The van der Waals surface area contributed by atoms with Crippen molar-refractivity contribution >= 4 is 5.52 Å². The molecule has 2 aromatic heterocycles. The Morgan fingerprint density at radius 1 is 1.00 bits per heavy atom. The lowest BCUT2D eigenvalue weighted by atomic mass is 10.1. The first-order chi connectivity index (χ1) is 14.8. The normalized spacial score (nSPS) is 17.3. The minimum atomic E-state index is -0.0860. The summed E-state index contributed by atoms with van der Waals surface area (Å²) in [5, 5.41) is 8.83. The Bertz CT molecular complexity index is 1130. The molecule has 0 spiro atoms. The Morgan fingerprint density at radius 3 is 2.63 bits per heavy atom. The van der Waals surface area contributed by atoms with Gasteiger partial charge in [-0.05, 0) is 29.3 Å². The molecule has 0 radical (unpaired) electrons. The van der Waals surface area contributed by atoms with E-state index in [1.165, 1.54) is 5.56 Å². The SMILES string of the molecule is COc1ccc(CN2CCOC(c3nnn4cc(-c5ccccc5)ccc34)C2)cc1. The summed E-state index contributed by atoms with van der Waals surface area (Å²) in [5.41, 5.74) is 5.43. The van der Waals surface area contributed by atoms with Crippen molar-refractivity contribution in [1.82, 2.24) is 19.7 Å². The average molecular weight is 400 g/mol. The zero-order valence-corrected chi connectivity index (χ0v) is 16.9. The van der Waals surface area contributed by atoms with Crippen LogP contribution >= 0.6 is 0 Å². The van der Waals surface area contributed by atoms with Crippen LogP contribution in [0, 0.1) is 0 Å². The number of rotatable bonds is 5. The molecule has 3 heterocycles. The molecule has 0 aliphatic carbocycles. The molecule has 0 N–H and O–H groups in total. The highest BCUT2D eigenvalue weighted by Gasteiger charge is 2.26. The van der Waals surface area contributed by atoms with Crippen molar-refractivity contribution in [2.24, 2.45) is 0 Å². The van der Waals surface area contributed by atoms with E-state index in [1.807, 2.05) is 41.0 Å². The molecule has 4 aromatic rings. The van der Waals surface area contributed by atoms with E-state index in [-0.39, 0.29) is 6.10 Å². The summed E-state index contributed by atoms with van der Waals surface area (Å²) in [6.45, 7) is 3.25. The first kappa shape index (κ1) is 18.8. The topological polar surface area (TPSA) is 51.9 Å². The van der Waals surface area contributed by atoms with Gasteiger partial charge in [0.15, 0.2) is 0 Å². The van der Waals surface area contributed by atoms with Crippen molar-refractivity contribution in [3.63, 3.8) is 0 Å². The van der Waals surface area contributed by atoms with Crippen LogP contribution in [0.1, 0.15) is 17.4 Å². The summed E-state index contributed by atoms with van der Waals surface area (Å²) in [6, 6.07) is 22.7. The van der Waals surface area contributed by atoms with Crippen LogP contribution in [-0.2, 0) is 11.3 Å². The molecule has 152 valence electrons. The van der Waals surface area contributed by atoms with Crippen LogP contribution in [0.25, 0.3) is 16.6 Å². The summed E-state index contributed by atoms with van der Waals surface area (Å²) in [4.78, 5) is 2.40. The zero-order valence-electron chi connectivity index (χ0n) is 16.9. The first-order valence-corrected chi connectivity index (χ1v) is 10.2. The second kappa shape index (κ2) is 8.26. The van der Waals surface area contributed by atoms with Crippen LogP contribution in [0.5, 0.6) is 5.75 Å². The molecule has 5 rings (SSSR count). The molecule has 2 aromatic carbocycles. The molecule has 0 bridgehead atoms. The van der Waals surface area contributed by atoms with Crippen molar-refractivity contribution in [3.05, 3.63) is 84.2 Å². The average Bonchev–Trinajstić information content (AvgIpc) is 3.24. The Morgan fingerprint density at radius 2 is 1.83 bits per heavy atom. The summed E-state index contributed by atoms with van der Waals surface area (Å²) in [7, 11) is 1.69. The maximum Gasteiger partial charge on any atom is 0.121 e. The second-order valence-corrected chi connectivity index (χ2v) is 7.53. The third-order valence-corrected chi connectivity index (χ3v) is 5.57. The van der Waals surface area contributed by atoms with E-state index in [4.69, 9.17) is 9.47 Å². The maximum atomic E-state index is 6.07. The summed E-state index contributed by atoms with van der Waals surface area (Å²) >= 11 is 0. The quantitative estimate of drug-likeness (QED) is 0.507. The van der Waals surface area contributed by atoms with Gasteiger partial charge in [-0.25, -0.2) is 4.52 Å². The number of fused-ring (bicyclic) bond motifs is 1. The van der Waals surface area contributed by atoms with E-state index < -0.39 is 0 Å². The van der Waals surface area contributed by atoms with Gasteiger partial charge in [0.1, 0.15) is 17.5 Å². The highest BCUT2D eigenvalue weighted by atomic mass is 16.5. The predicted octanol–water partition coefficient (Wildman–Crippen LogP) is 3.98. The van der Waals surface area contributed by atoms with Crippen LogP contribution < -0.4 is 4.74 Å². The lowest BCUT2D eigenvalue weighted by molar-refractivity contribution is -0.0343. The summed E-state index contributed by atoms with van der Waals surface area (Å²) in [5.74, 6) is 0.879. The molecular formula is C24H24N4O2. The second-order valence-electron chi connectivity index (χ2n) is 7.53. The van der Waals surface area contributed by atoms with E-state index in [0.717, 1.165) is 47.7 Å². The van der Waals surface area contributed by atoms with Crippen molar-refractivity contribution in [2.75, 3.05) is 26.8 Å². The van der Waals surface area contributed by atoms with Crippen LogP contribution in [0.2, 0.25) is 0 Å². The summed E-state index contributed by atoms with van der Waals surface area (Å²) in [6.07, 6.45) is 1.94. The molecule has 1 aliphatic heterocycles. The van der Waals surface area contributed by atoms with Gasteiger partial charge in [-0.2, -0.15) is 0 Å². The van der Waals surface area contributed by atoms with Gasteiger partial charge in [-0.15, -0.1) is 5.10 Å². The Hall–Kier alpha value is -3.22. The predicted molar refractivity (Wildman–Crippen MR) is 115 cm³/mol. The van der Waals surface area contributed by atoms with E-state index in [9.17, 15) is 0 Å². The number of pyridine rings is 1. The van der Waals surface area contributed by atoms with Crippen LogP contribution in [0.15, 0.2) is 72.9 Å². The fourth-order valence-corrected chi connectivity index (χ4v) is 3.95. The molecule has 1 fully saturated rings. The fraction of sp³-hybridized carbons (Fsp3) is 0.250. The van der Waals surface area contributed by atoms with Gasteiger partial charge in [0.05, 0.1) is 19.2 Å². The minimum absolute atomic E-state index is 0.0860. The lowest BCUT2D eigenvalue weighted by Gasteiger charge is -2.32. The smallest absolute Gasteiger partial charge is 0.121 e. The van der Waals surface area contributed by atoms with Crippen LogP contribution in [0.3, 0.4) is 0 Å². The Kier molecular flexibility index (Phi) is 5.17. The number of hydrogen-bond acceptors (Lipinski definition) is 5. The monoisotopic (exact) mass is 400 g/mol. The van der Waals surface area contributed by atoms with Crippen molar-refractivity contribution in [3.8, 4) is 16.9 Å². The van der Waals surface area contributed by atoms with E-state index in [1.54, 1.807) is 7.11 Å². The number of morpholine rings is 1. The van der Waals surface area contributed by atoms with Gasteiger partial charge in [-0.1, -0.05) is 53.7 Å². The third kappa shape index (κ3) is 3.79. The maximum absolute atomic E-state index is 6.07. The molecule has 1 saturated heterocycles. The molecule has 6 nitrogen and oxygen atoms in total. The van der Waals surface area contributed by atoms with E-state index in [0.29, 0.717) is 6.61 Å². The largest absolute Gasteiger partial charge is 0.497 e. The fourth-order valence-electron chi connectivity index (χ4n) is 3.95. The highest BCUT2D eigenvalue weighted by Crippen LogP contribution is 2.27. The van der Waals surface area contributed by atoms with Crippen molar-refractivity contribution in [2.45, 2.75) is 12.6 Å². The molecular weight excluding hydrogens is 376 g/mol. The van der Waals surface area contributed by atoms with Gasteiger partial charge < -0.3 is 9.47 Å². The van der Waals surface area contributed by atoms with Gasteiger partial charge in [-0.3, -0.25) is 4.90 Å². The van der Waals surface area contributed by atoms with Gasteiger partial charge >= 0.3 is 0 Å². The summed E-state index contributed by atoms with van der Waals surface area (Å²) < 4.78 is 13.2. The molecule has 6 heteroatoms. The highest BCUT2D eigenvalue weighted by molar-refractivity contribution is 5.66. The van der Waals surface area contributed by atoms with Crippen molar-refractivity contribution in [1.29, 1.82) is 0 Å². The van der Waals surface area contributed by atoms with E-state index >= 15 is 0 Å². The van der Waals surface area contributed by atoms with Gasteiger partial charge in [0.25, 0.3) is 0 Å². The lowest BCUT2D eigenvalue weighted by Crippen LogP contribution is -2.38. The van der Waals surface area contributed by atoms with Crippen molar-refractivity contribution < 1.29 is 9.47 Å². The minimum Gasteiger partial charge on any atom is -0.497 e. The molecule has 1 aliphatic rings. The Balaban J connectivity index is 1.34. The number of hydrogen-bond donors (Lipinski definition) is 0. The number of methoxy groups -OCH3 is 1. The number of ether oxygens (including phenoxy) is 2. The van der Waals surface area contributed by atoms with Crippen LogP contribution in [0.4, 0.5) is 0 Å². The Labute approximate surface area is 175 Å². The zero-order chi connectivity index (χ0) is 20.3. The van der Waals surface area contributed by atoms with Gasteiger partial charge in [0, 0.05) is 31.4 Å². The number of benzene rings is 2. The molecule has 0 amide bonds. The van der Waals surface area contributed by atoms with Crippen LogP contribution in [-0.4, -0.2) is 46.5 Å². The number of nitrogens with zero attached hydrogens (tertiary/aromatic N) is 4. The first-order valence-electron chi connectivity index (χ1n) is 10.2. The van der Waals surface area contributed by atoms with Gasteiger partial charge in [0.2, 0.25) is 0 Å². The molecule has 1 unspecified atom stereocenters. The standard InChI is InChI=1S/C24H24N4O2/c1-29-21-10-7-18(8-11-21)15-27-13-14-30-23(17-27)24-22-12-9-20(16-28(22)26-25-24)19-5-3-2-4-6-19/h2-12,16,23H,13-15,17H2,1H3. The number of aromatic nitrogens is 3. The van der Waals surface area contributed by atoms with E-state index in [2.05, 4.69) is 51.6 Å².